The molecule has 1 fully saturated rings. The Bertz CT molecular complexity index is 2350. The van der Waals surface area contributed by atoms with E-state index in [2.05, 4.69) is 65.0 Å². The molecule has 1 aliphatic rings. The SMILES string of the molecule is Cc1ccc(S(=O)(=O)N/N=C(\Cl)c2sccc2Br)cc1.Cc1ccc(S(=O)(=O)n2nc(N3CCN(Cc4ccccc4)CC3)c3sccc32)cc1. The third-order valence-corrected chi connectivity index (χ3v) is 14.1. The van der Waals surface area contributed by atoms with Crippen LogP contribution in [-0.2, 0) is 26.6 Å². The van der Waals surface area contributed by atoms with E-state index < -0.39 is 20.0 Å². The Morgan fingerprint density at radius 1 is 0.824 bits per heavy atom. The molecule has 3 aromatic heterocycles. The molecule has 7 rings (SSSR count). The van der Waals surface area contributed by atoms with E-state index in [9.17, 15) is 16.8 Å². The molecule has 0 bridgehead atoms. The highest BCUT2D eigenvalue weighted by atomic mass is 79.9. The van der Waals surface area contributed by atoms with Gasteiger partial charge >= 0.3 is 0 Å². The van der Waals surface area contributed by atoms with Crippen LogP contribution >= 0.6 is 50.2 Å². The molecule has 0 atom stereocenters. The summed E-state index contributed by atoms with van der Waals surface area (Å²) in [5.41, 5.74) is 3.96. The summed E-state index contributed by atoms with van der Waals surface area (Å²) in [5, 5.41) is 12.2. The lowest BCUT2D eigenvalue weighted by molar-refractivity contribution is 0.249. The van der Waals surface area contributed by atoms with Gasteiger partial charge in [-0.3, -0.25) is 4.90 Å². The number of aromatic nitrogens is 2. The largest absolute Gasteiger partial charge is 0.351 e. The maximum atomic E-state index is 13.3. The fraction of sp³-hybridized carbons (Fsp3) is 0.200. The number of rotatable bonds is 9. The molecule has 0 aliphatic carbocycles. The maximum Gasteiger partial charge on any atom is 0.283 e. The molecule has 6 aromatic rings. The van der Waals surface area contributed by atoms with Crippen molar-refractivity contribution in [2.45, 2.75) is 30.2 Å². The molecule has 4 heterocycles. The molecule has 0 amide bonds. The monoisotopic (exact) mass is 844 g/mol. The summed E-state index contributed by atoms with van der Waals surface area (Å²) in [4.78, 5) is 7.82. The van der Waals surface area contributed by atoms with Gasteiger partial charge in [0.05, 0.1) is 24.9 Å². The number of anilines is 1. The van der Waals surface area contributed by atoms with E-state index in [0.29, 0.717) is 10.4 Å². The molecule has 51 heavy (non-hydrogen) atoms. The van der Waals surface area contributed by atoms with Crippen LogP contribution in [0.2, 0.25) is 0 Å². The normalized spacial score (nSPS) is 14.4. The minimum Gasteiger partial charge on any atom is -0.351 e. The number of hydrogen-bond donors (Lipinski definition) is 1. The van der Waals surface area contributed by atoms with E-state index in [4.69, 9.17) is 11.6 Å². The van der Waals surface area contributed by atoms with Crippen LogP contribution in [0.5, 0.6) is 0 Å². The molecule has 10 nitrogen and oxygen atoms in total. The molecular formula is C35H34BrClN6O4S4. The number of piperazine rings is 1. The van der Waals surface area contributed by atoms with Crippen molar-refractivity contribution in [1.82, 2.24) is 18.9 Å². The van der Waals surface area contributed by atoms with Crippen molar-refractivity contribution in [3.63, 3.8) is 0 Å². The molecule has 0 spiro atoms. The lowest BCUT2D eigenvalue weighted by atomic mass is 10.2. The number of fused-ring (bicyclic) bond motifs is 1. The molecular weight excluding hydrogens is 812 g/mol. The fourth-order valence-corrected chi connectivity index (χ4v) is 10.2. The summed E-state index contributed by atoms with van der Waals surface area (Å²) in [6.07, 6.45) is 0. The van der Waals surface area contributed by atoms with Crippen LogP contribution in [0.1, 0.15) is 21.6 Å². The predicted molar refractivity (Wildman–Crippen MR) is 211 cm³/mol. The van der Waals surface area contributed by atoms with Gasteiger partial charge in [-0.15, -0.1) is 27.8 Å². The van der Waals surface area contributed by atoms with Gasteiger partial charge in [0.15, 0.2) is 11.0 Å². The minimum atomic E-state index is -3.75. The van der Waals surface area contributed by atoms with Crippen LogP contribution in [0.3, 0.4) is 0 Å². The fourth-order valence-electron chi connectivity index (χ4n) is 5.33. The first kappa shape index (κ1) is 37.2. The molecule has 0 unspecified atom stereocenters. The first-order valence-corrected chi connectivity index (χ1v) is 21.6. The van der Waals surface area contributed by atoms with Gasteiger partial charge in [-0.05, 0) is 82.5 Å². The second-order valence-corrected chi connectivity index (χ2v) is 18.2. The first-order valence-electron chi connectivity index (χ1n) is 15.8. The lowest BCUT2D eigenvalue weighted by Gasteiger charge is -2.34. The highest BCUT2D eigenvalue weighted by molar-refractivity contribution is 9.10. The third kappa shape index (κ3) is 8.74. The van der Waals surface area contributed by atoms with Crippen molar-refractivity contribution >= 4 is 91.5 Å². The highest BCUT2D eigenvalue weighted by Gasteiger charge is 2.28. The second-order valence-electron chi connectivity index (χ2n) is 11.8. The van der Waals surface area contributed by atoms with Crippen LogP contribution in [-0.4, -0.2) is 62.3 Å². The van der Waals surface area contributed by atoms with Gasteiger partial charge < -0.3 is 4.90 Å². The van der Waals surface area contributed by atoms with E-state index in [1.165, 1.54) is 33.1 Å². The zero-order valence-electron chi connectivity index (χ0n) is 27.6. The number of nitrogens with one attached hydrogen (secondary N) is 1. The van der Waals surface area contributed by atoms with Gasteiger partial charge in [-0.2, -0.15) is 30.9 Å². The number of hydrazone groups is 1. The maximum absolute atomic E-state index is 13.3. The van der Waals surface area contributed by atoms with Gasteiger partial charge in [0, 0.05) is 37.2 Å². The average Bonchev–Trinajstić information content (AvgIpc) is 3.86. The number of thiophene rings is 2. The quantitative estimate of drug-likeness (QED) is 0.117. The van der Waals surface area contributed by atoms with Crippen molar-refractivity contribution in [2.75, 3.05) is 31.1 Å². The molecule has 1 N–H and O–H groups in total. The molecule has 0 saturated carbocycles. The zero-order valence-corrected chi connectivity index (χ0v) is 33.2. The average molecular weight is 846 g/mol. The van der Waals surface area contributed by atoms with Crippen molar-refractivity contribution in [3.8, 4) is 0 Å². The molecule has 1 saturated heterocycles. The lowest BCUT2D eigenvalue weighted by Crippen LogP contribution is -2.46. The minimum absolute atomic E-state index is 0.0857. The van der Waals surface area contributed by atoms with E-state index in [-0.39, 0.29) is 15.0 Å². The first-order chi connectivity index (χ1) is 24.4. The summed E-state index contributed by atoms with van der Waals surface area (Å²) in [6, 6.07) is 27.5. The molecule has 0 radical (unpaired) electrons. The van der Waals surface area contributed by atoms with Gasteiger partial charge in [0.2, 0.25) is 0 Å². The van der Waals surface area contributed by atoms with E-state index in [1.54, 1.807) is 35.6 Å². The van der Waals surface area contributed by atoms with Crippen LogP contribution in [0.15, 0.2) is 121 Å². The number of halogens is 2. The number of aryl methyl sites for hydroxylation is 2. The Morgan fingerprint density at radius 2 is 1.43 bits per heavy atom. The van der Waals surface area contributed by atoms with Gasteiger partial charge in [0.25, 0.3) is 20.0 Å². The predicted octanol–water partition coefficient (Wildman–Crippen LogP) is 7.66. The number of benzene rings is 3. The number of sulfonamides is 1. The summed E-state index contributed by atoms with van der Waals surface area (Å²) < 4.78 is 53.5. The van der Waals surface area contributed by atoms with Crippen LogP contribution in [0, 0.1) is 13.8 Å². The van der Waals surface area contributed by atoms with Crippen LogP contribution in [0.4, 0.5) is 5.82 Å². The Labute approximate surface area is 319 Å². The third-order valence-electron chi connectivity index (χ3n) is 8.11. The molecule has 266 valence electrons. The highest BCUT2D eigenvalue weighted by Crippen LogP contribution is 2.34. The van der Waals surface area contributed by atoms with Crippen molar-refractivity contribution in [3.05, 3.63) is 128 Å². The Hall–Kier alpha value is -3.57. The smallest absolute Gasteiger partial charge is 0.283 e. The summed E-state index contributed by atoms with van der Waals surface area (Å²) >= 11 is 12.2. The van der Waals surface area contributed by atoms with Gasteiger partial charge in [-0.25, -0.2) is 0 Å². The summed E-state index contributed by atoms with van der Waals surface area (Å²) in [6.45, 7) is 8.23. The van der Waals surface area contributed by atoms with Crippen LogP contribution in [0.25, 0.3) is 10.2 Å². The molecule has 16 heteroatoms. The molecule has 1 aliphatic heterocycles. The standard InChI is InChI=1S/C23H24N4O2S2.C12H10BrClN2O2S2/c1-18-7-9-20(10-8-18)31(28,29)27-21-11-16-30-22(21)23(24-27)26-14-12-25(13-15-26)17-19-5-3-2-4-6-19;1-8-2-4-9(5-3-8)20(17,18)16-15-12(14)11-10(13)6-7-19-11/h2-11,16H,12-15,17H2,1H3;2-7,16H,1H3/b;15-12-. The van der Waals surface area contributed by atoms with Crippen molar-refractivity contribution < 1.29 is 16.8 Å². The molecule has 3 aromatic carbocycles. The van der Waals surface area contributed by atoms with Crippen molar-refractivity contribution in [2.24, 2.45) is 5.10 Å². The van der Waals surface area contributed by atoms with E-state index in [0.717, 1.165) is 58.8 Å². The van der Waals surface area contributed by atoms with E-state index in [1.807, 2.05) is 54.9 Å². The summed E-state index contributed by atoms with van der Waals surface area (Å²) in [7, 11) is -7.46. The van der Waals surface area contributed by atoms with Gasteiger partial charge in [0.1, 0.15) is 0 Å². The van der Waals surface area contributed by atoms with Crippen molar-refractivity contribution in [1.29, 1.82) is 0 Å². The summed E-state index contributed by atoms with van der Waals surface area (Å²) in [5.74, 6) is 0.764. The Kier molecular flexibility index (Phi) is 11.7. The number of hydrogen-bond acceptors (Lipinski definition) is 10. The number of nitrogens with zero attached hydrogens (tertiary/aromatic N) is 5. The van der Waals surface area contributed by atoms with Gasteiger partial charge in [-0.1, -0.05) is 77.3 Å². The Balaban J connectivity index is 0.000000194. The second kappa shape index (κ2) is 16.0. The van der Waals surface area contributed by atoms with E-state index >= 15 is 0 Å². The zero-order chi connectivity index (χ0) is 36.2. The topological polar surface area (TPSA) is 117 Å². The van der Waals surface area contributed by atoms with Crippen LogP contribution < -0.4 is 9.73 Å². The Morgan fingerprint density at radius 3 is 2.04 bits per heavy atom.